The van der Waals surface area contributed by atoms with Crippen LogP contribution in [0.1, 0.15) is 12.0 Å². The predicted octanol–water partition coefficient (Wildman–Crippen LogP) is 2.11. The van der Waals surface area contributed by atoms with Crippen LogP contribution >= 0.6 is 28.3 Å². The fourth-order valence-corrected chi connectivity index (χ4v) is 1.94. The normalized spacial score (nSPS) is 9.50. The third-order valence-electron chi connectivity index (χ3n) is 2.31. The van der Waals surface area contributed by atoms with Crippen molar-refractivity contribution < 1.29 is 9.53 Å². The molecule has 18 heavy (non-hydrogen) atoms. The topological polar surface area (TPSA) is 50.4 Å². The van der Waals surface area contributed by atoms with Gasteiger partial charge in [-0.1, -0.05) is 6.07 Å². The Labute approximate surface area is 122 Å². The summed E-state index contributed by atoms with van der Waals surface area (Å²) in [6, 6.07) is 5.75. The van der Waals surface area contributed by atoms with Gasteiger partial charge in [0.15, 0.2) is 0 Å². The zero-order valence-corrected chi connectivity index (χ0v) is 12.9. The molecule has 0 aromatic heterocycles. The van der Waals surface area contributed by atoms with Gasteiger partial charge in [-0.3, -0.25) is 4.79 Å². The Balaban J connectivity index is 0.00000289. The molecule has 102 valence electrons. The number of amides is 1. The minimum Gasteiger partial charge on any atom is -0.496 e. The molecule has 0 aliphatic carbocycles. The molecule has 0 aliphatic heterocycles. The van der Waals surface area contributed by atoms with E-state index in [0.717, 1.165) is 15.8 Å². The number of methoxy groups -OCH3 is 1. The number of hydrogen-bond acceptors (Lipinski definition) is 3. The molecular weight excluding hydrogens is 320 g/mol. The summed E-state index contributed by atoms with van der Waals surface area (Å²) >= 11 is 3.41. The second-order valence-corrected chi connectivity index (χ2v) is 4.45. The van der Waals surface area contributed by atoms with Crippen LogP contribution in [0.15, 0.2) is 22.7 Å². The number of carbonyl (C=O) groups is 1. The first-order chi connectivity index (χ1) is 8.17. The van der Waals surface area contributed by atoms with Gasteiger partial charge in [0.1, 0.15) is 5.75 Å². The Kier molecular flexibility index (Phi) is 8.79. The van der Waals surface area contributed by atoms with E-state index in [1.165, 1.54) is 0 Å². The van der Waals surface area contributed by atoms with E-state index in [2.05, 4.69) is 26.6 Å². The largest absolute Gasteiger partial charge is 0.496 e. The Hall–Kier alpha value is -0.780. The predicted molar refractivity (Wildman–Crippen MR) is 78.3 cm³/mol. The maximum Gasteiger partial charge on any atom is 0.221 e. The lowest BCUT2D eigenvalue weighted by Crippen LogP contribution is -2.26. The zero-order valence-electron chi connectivity index (χ0n) is 10.5. The molecule has 0 fully saturated rings. The number of ether oxygens (including phenoxy) is 1. The maximum atomic E-state index is 11.4. The molecular formula is C12H18BrClN2O2. The second-order valence-electron chi connectivity index (χ2n) is 3.60. The average Bonchev–Trinajstić information content (AvgIpc) is 2.34. The molecule has 0 heterocycles. The number of hydrogen-bond donors (Lipinski definition) is 2. The van der Waals surface area contributed by atoms with Crippen LogP contribution < -0.4 is 15.4 Å². The van der Waals surface area contributed by atoms with E-state index in [1.54, 1.807) is 7.11 Å². The molecule has 0 saturated carbocycles. The van der Waals surface area contributed by atoms with Crippen LogP contribution in [-0.2, 0) is 11.3 Å². The van der Waals surface area contributed by atoms with Crippen LogP contribution in [0.5, 0.6) is 5.75 Å². The van der Waals surface area contributed by atoms with Gasteiger partial charge in [0.05, 0.1) is 11.6 Å². The number of halogens is 2. The monoisotopic (exact) mass is 336 g/mol. The summed E-state index contributed by atoms with van der Waals surface area (Å²) in [5.74, 6) is 0.835. The third kappa shape index (κ3) is 5.71. The van der Waals surface area contributed by atoms with Crippen molar-refractivity contribution in [2.24, 2.45) is 0 Å². The minimum absolute atomic E-state index is 0. The summed E-state index contributed by atoms with van der Waals surface area (Å²) in [6.45, 7) is 1.23. The van der Waals surface area contributed by atoms with Crippen molar-refractivity contribution >= 4 is 34.2 Å². The second kappa shape index (κ2) is 9.19. The summed E-state index contributed by atoms with van der Waals surface area (Å²) in [4.78, 5) is 11.4. The summed E-state index contributed by atoms with van der Waals surface area (Å²) < 4.78 is 6.03. The van der Waals surface area contributed by atoms with Crippen LogP contribution in [0.2, 0.25) is 0 Å². The van der Waals surface area contributed by atoms with Gasteiger partial charge < -0.3 is 15.4 Å². The van der Waals surface area contributed by atoms with Gasteiger partial charge in [0.25, 0.3) is 0 Å². The standard InChI is InChI=1S/C12H17BrN2O2.ClH/c1-14-6-5-12(16)15-8-9-3-4-11(17-2)10(13)7-9;/h3-4,7,14H,5-6,8H2,1-2H3,(H,15,16);1H. The summed E-state index contributed by atoms with van der Waals surface area (Å²) in [7, 11) is 3.45. The van der Waals surface area contributed by atoms with Gasteiger partial charge in [0, 0.05) is 19.5 Å². The SMILES string of the molecule is CNCCC(=O)NCc1ccc(OC)c(Br)c1.Cl. The fraction of sp³-hybridized carbons (Fsp3) is 0.417. The first-order valence-corrected chi connectivity index (χ1v) is 6.20. The van der Waals surface area contributed by atoms with Crippen molar-refractivity contribution in [3.05, 3.63) is 28.2 Å². The van der Waals surface area contributed by atoms with Gasteiger partial charge >= 0.3 is 0 Å². The molecule has 0 aliphatic rings. The first-order valence-electron chi connectivity index (χ1n) is 5.41. The van der Waals surface area contributed by atoms with Gasteiger partial charge in [-0.2, -0.15) is 0 Å². The summed E-state index contributed by atoms with van der Waals surface area (Å²) in [5.41, 5.74) is 1.04. The Morgan fingerprint density at radius 2 is 2.17 bits per heavy atom. The van der Waals surface area contributed by atoms with Crippen LogP contribution in [0, 0.1) is 0 Å². The van der Waals surface area contributed by atoms with E-state index < -0.39 is 0 Å². The smallest absolute Gasteiger partial charge is 0.221 e. The van der Waals surface area contributed by atoms with E-state index in [1.807, 2.05) is 25.2 Å². The minimum atomic E-state index is 0. The van der Waals surface area contributed by atoms with Crippen molar-refractivity contribution in [1.82, 2.24) is 10.6 Å². The molecule has 0 atom stereocenters. The van der Waals surface area contributed by atoms with Crippen molar-refractivity contribution in [3.63, 3.8) is 0 Å². The molecule has 1 aromatic carbocycles. The zero-order chi connectivity index (χ0) is 12.7. The van der Waals surface area contributed by atoms with Gasteiger partial charge in [-0.05, 0) is 40.7 Å². The number of rotatable bonds is 6. The molecule has 4 nitrogen and oxygen atoms in total. The average molecular weight is 338 g/mol. The van der Waals surface area contributed by atoms with Gasteiger partial charge in [0.2, 0.25) is 5.91 Å². The van der Waals surface area contributed by atoms with Crippen molar-refractivity contribution in [3.8, 4) is 5.75 Å². The Morgan fingerprint density at radius 3 is 2.72 bits per heavy atom. The molecule has 6 heteroatoms. The molecule has 1 amide bonds. The molecule has 0 bridgehead atoms. The van der Waals surface area contributed by atoms with Crippen LogP contribution in [0.3, 0.4) is 0 Å². The first kappa shape index (κ1) is 17.2. The lowest BCUT2D eigenvalue weighted by molar-refractivity contribution is -0.121. The van der Waals surface area contributed by atoms with E-state index in [4.69, 9.17) is 4.74 Å². The van der Waals surface area contributed by atoms with Crippen molar-refractivity contribution in [1.29, 1.82) is 0 Å². The molecule has 1 rings (SSSR count). The lowest BCUT2D eigenvalue weighted by Gasteiger charge is -2.08. The summed E-state index contributed by atoms with van der Waals surface area (Å²) in [5, 5.41) is 5.79. The molecule has 1 aromatic rings. The van der Waals surface area contributed by atoms with Gasteiger partial charge in [-0.25, -0.2) is 0 Å². The highest BCUT2D eigenvalue weighted by atomic mass is 79.9. The highest BCUT2D eigenvalue weighted by molar-refractivity contribution is 9.10. The lowest BCUT2D eigenvalue weighted by atomic mass is 10.2. The highest BCUT2D eigenvalue weighted by Crippen LogP contribution is 2.25. The molecule has 0 unspecified atom stereocenters. The van der Waals surface area contributed by atoms with E-state index >= 15 is 0 Å². The van der Waals surface area contributed by atoms with Crippen LogP contribution in [0.4, 0.5) is 0 Å². The van der Waals surface area contributed by atoms with E-state index in [0.29, 0.717) is 19.5 Å². The fourth-order valence-electron chi connectivity index (χ4n) is 1.35. The maximum absolute atomic E-state index is 11.4. The third-order valence-corrected chi connectivity index (χ3v) is 2.93. The van der Waals surface area contributed by atoms with E-state index in [-0.39, 0.29) is 18.3 Å². The quantitative estimate of drug-likeness (QED) is 0.836. The van der Waals surface area contributed by atoms with E-state index in [9.17, 15) is 4.79 Å². The van der Waals surface area contributed by atoms with Crippen LogP contribution in [-0.4, -0.2) is 26.6 Å². The molecule has 0 saturated heterocycles. The number of carbonyl (C=O) groups excluding carboxylic acids is 1. The molecule has 2 N–H and O–H groups in total. The number of nitrogens with one attached hydrogen (secondary N) is 2. The van der Waals surface area contributed by atoms with Crippen molar-refractivity contribution in [2.45, 2.75) is 13.0 Å². The number of benzene rings is 1. The molecule has 0 radical (unpaired) electrons. The highest BCUT2D eigenvalue weighted by Gasteiger charge is 2.03. The summed E-state index contributed by atoms with van der Waals surface area (Å²) in [6.07, 6.45) is 0.494. The Morgan fingerprint density at radius 1 is 1.44 bits per heavy atom. The Bertz CT molecular complexity index is 388. The van der Waals surface area contributed by atoms with Crippen LogP contribution in [0.25, 0.3) is 0 Å². The van der Waals surface area contributed by atoms with Gasteiger partial charge in [-0.15, -0.1) is 12.4 Å². The van der Waals surface area contributed by atoms with Crippen molar-refractivity contribution in [2.75, 3.05) is 20.7 Å². The molecule has 0 spiro atoms.